The van der Waals surface area contributed by atoms with E-state index in [0.29, 0.717) is 11.9 Å². The molecule has 4 nitrogen and oxygen atoms in total. The molecule has 0 radical (unpaired) electrons. The van der Waals surface area contributed by atoms with Gasteiger partial charge < -0.3 is 10.1 Å². The first-order valence-corrected chi connectivity index (χ1v) is 6.87. The molecule has 0 aliphatic heterocycles. The zero-order valence-electron chi connectivity index (χ0n) is 13.0. The van der Waals surface area contributed by atoms with Gasteiger partial charge in [-0.2, -0.15) is 0 Å². The van der Waals surface area contributed by atoms with Gasteiger partial charge in [-0.15, -0.1) is 0 Å². The van der Waals surface area contributed by atoms with E-state index in [0.717, 1.165) is 18.7 Å². The molecule has 1 N–H and O–H groups in total. The Hall–Kier alpha value is -1.13. The predicted octanol–water partition coefficient (Wildman–Crippen LogP) is 2.26. The van der Waals surface area contributed by atoms with Gasteiger partial charge in [0.1, 0.15) is 0 Å². The number of ether oxygens (including phenoxy) is 1. The van der Waals surface area contributed by atoms with Gasteiger partial charge in [0.05, 0.1) is 7.11 Å². The fourth-order valence-electron chi connectivity index (χ4n) is 2.28. The lowest BCUT2D eigenvalue weighted by molar-refractivity contribution is 0.139. The number of hydrogen-bond acceptors (Lipinski definition) is 4. The summed E-state index contributed by atoms with van der Waals surface area (Å²) in [7, 11) is 3.81. The predicted molar refractivity (Wildman–Crippen MR) is 79.6 cm³/mol. The zero-order valence-corrected chi connectivity index (χ0v) is 13.0. The molecule has 0 spiro atoms. The Balaban J connectivity index is 2.89. The van der Waals surface area contributed by atoms with Crippen molar-refractivity contribution in [2.24, 2.45) is 0 Å². The summed E-state index contributed by atoms with van der Waals surface area (Å²) < 4.78 is 5.38. The molecular weight excluding hydrogens is 238 g/mol. The van der Waals surface area contributed by atoms with Crippen LogP contribution in [-0.2, 0) is 5.54 Å². The van der Waals surface area contributed by atoms with Crippen LogP contribution in [0, 0.1) is 0 Å². The number of pyridine rings is 1. The van der Waals surface area contributed by atoms with Crippen LogP contribution >= 0.6 is 0 Å². The SMILES string of the molecule is CCN[C@@H](C)CN(C)C(C)(C)c1cccnc1OC. The van der Waals surface area contributed by atoms with Crippen molar-refractivity contribution in [2.45, 2.75) is 39.3 Å². The smallest absolute Gasteiger partial charge is 0.218 e. The average molecular weight is 265 g/mol. The summed E-state index contributed by atoms with van der Waals surface area (Å²) in [5, 5.41) is 3.44. The summed E-state index contributed by atoms with van der Waals surface area (Å²) in [6, 6.07) is 4.50. The van der Waals surface area contributed by atoms with Crippen LogP contribution in [0.25, 0.3) is 0 Å². The first-order chi connectivity index (χ1) is 8.93. The Morgan fingerprint density at radius 1 is 1.47 bits per heavy atom. The summed E-state index contributed by atoms with van der Waals surface area (Å²) in [5.41, 5.74) is 0.993. The Bertz CT molecular complexity index is 393. The van der Waals surface area contributed by atoms with Crippen molar-refractivity contribution in [3.05, 3.63) is 23.9 Å². The lowest BCUT2D eigenvalue weighted by atomic mass is 9.93. The molecule has 108 valence electrons. The molecule has 4 heteroatoms. The van der Waals surface area contributed by atoms with Crippen molar-refractivity contribution in [1.29, 1.82) is 0 Å². The second-order valence-corrected chi connectivity index (χ2v) is 5.46. The van der Waals surface area contributed by atoms with E-state index < -0.39 is 0 Å². The van der Waals surface area contributed by atoms with E-state index in [9.17, 15) is 0 Å². The maximum Gasteiger partial charge on any atom is 0.218 e. The lowest BCUT2D eigenvalue weighted by Crippen LogP contribution is -2.46. The molecule has 0 aliphatic carbocycles. The first kappa shape index (κ1) is 15.9. The van der Waals surface area contributed by atoms with Crippen molar-refractivity contribution in [3.8, 4) is 5.88 Å². The molecule has 0 fully saturated rings. The van der Waals surface area contributed by atoms with Crippen LogP contribution in [0.2, 0.25) is 0 Å². The van der Waals surface area contributed by atoms with Crippen molar-refractivity contribution in [3.63, 3.8) is 0 Å². The topological polar surface area (TPSA) is 37.4 Å². The molecule has 0 bridgehead atoms. The van der Waals surface area contributed by atoms with Gasteiger partial charge in [0, 0.05) is 29.9 Å². The van der Waals surface area contributed by atoms with E-state index in [1.807, 2.05) is 6.07 Å². The normalized spacial score (nSPS) is 13.6. The molecule has 0 saturated carbocycles. The molecule has 0 aliphatic rings. The van der Waals surface area contributed by atoms with E-state index >= 15 is 0 Å². The van der Waals surface area contributed by atoms with Crippen molar-refractivity contribution >= 4 is 0 Å². The highest BCUT2D eigenvalue weighted by Crippen LogP contribution is 2.32. The van der Waals surface area contributed by atoms with E-state index in [4.69, 9.17) is 4.74 Å². The van der Waals surface area contributed by atoms with Crippen LogP contribution in [0.1, 0.15) is 33.3 Å². The van der Waals surface area contributed by atoms with Crippen LogP contribution in [0.4, 0.5) is 0 Å². The minimum Gasteiger partial charge on any atom is -0.481 e. The largest absolute Gasteiger partial charge is 0.481 e. The van der Waals surface area contributed by atoms with Gasteiger partial charge >= 0.3 is 0 Å². The molecule has 0 unspecified atom stereocenters. The zero-order chi connectivity index (χ0) is 14.5. The van der Waals surface area contributed by atoms with Crippen molar-refractivity contribution < 1.29 is 4.74 Å². The maximum atomic E-state index is 5.38. The molecule has 1 atom stereocenters. The minimum absolute atomic E-state index is 0.122. The molecular formula is C15H27N3O. The van der Waals surface area contributed by atoms with E-state index in [-0.39, 0.29) is 5.54 Å². The van der Waals surface area contributed by atoms with Crippen molar-refractivity contribution in [2.75, 3.05) is 27.2 Å². The van der Waals surface area contributed by atoms with Gasteiger partial charge in [-0.3, -0.25) is 4.90 Å². The van der Waals surface area contributed by atoms with Crippen LogP contribution in [0.3, 0.4) is 0 Å². The summed E-state index contributed by atoms with van der Waals surface area (Å²) in [5.74, 6) is 0.704. The highest BCUT2D eigenvalue weighted by molar-refractivity contribution is 5.32. The van der Waals surface area contributed by atoms with Crippen LogP contribution in [-0.4, -0.2) is 43.2 Å². The number of nitrogens with one attached hydrogen (secondary N) is 1. The highest BCUT2D eigenvalue weighted by Gasteiger charge is 2.30. The van der Waals surface area contributed by atoms with Crippen molar-refractivity contribution in [1.82, 2.24) is 15.2 Å². The third-order valence-corrected chi connectivity index (χ3v) is 3.68. The Kier molecular flexibility index (Phi) is 5.76. The standard InChI is InChI=1S/C15H27N3O/c1-7-16-12(2)11-18(5)15(3,4)13-9-8-10-17-14(13)19-6/h8-10,12,16H,7,11H2,1-6H3/t12-/m0/s1. The molecule has 0 amide bonds. The van der Waals surface area contributed by atoms with Crippen LogP contribution in [0.15, 0.2) is 18.3 Å². The number of methoxy groups -OCH3 is 1. The average Bonchev–Trinajstić information content (AvgIpc) is 2.38. The van der Waals surface area contributed by atoms with Gasteiger partial charge in [-0.1, -0.05) is 13.0 Å². The Morgan fingerprint density at radius 3 is 2.74 bits per heavy atom. The Labute approximate surface area is 117 Å². The number of aromatic nitrogens is 1. The monoisotopic (exact) mass is 265 g/mol. The van der Waals surface area contributed by atoms with E-state index in [1.165, 1.54) is 0 Å². The molecule has 1 aromatic heterocycles. The minimum atomic E-state index is -0.122. The Morgan fingerprint density at radius 2 is 2.16 bits per heavy atom. The van der Waals surface area contributed by atoms with Crippen LogP contribution in [0.5, 0.6) is 5.88 Å². The second-order valence-electron chi connectivity index (χ2n) is 5.46. The fourth-order valence-corrected chi connectivity index (χ4v) is 2.28. The van der Waals surface area contributed by atoms with Gasteiger partial charge in [-0.25, -0.2) is 4.98 Å². The molecule has 0 saturated heterocycles. The number of rotatable bonds is 7. The van der Waals surface area contributed by atoms with Gasteiger partial charge in [0.2, 0.25) is 5.88 Å². The lowest BCUT2D eigenvalue weighted by Gasteiger charge is -2.38. The van der Waals surface area contributed by atoms with Gasteiger partial charge in [0.25, 0.3) is 0 Å². The number of likely N-dealkylation sites (N-methyl/N-ethyl adjacent to an activating group) is 2. The summed E-state index contributed by atoms with van der Waals surface area (Å²) in [6.45, 7) is 10.7. The number of nitrogens with zero attached hydrogens (tertiary/aromatic N) is 2. The summed E-state index contributed by atoms with van der Waals surface area (Å²) in [6.07, 6.45) is 1.76. The van der Waals surface area contributed by atoms with Gasteiger partial charge in [-0.05, 0) is 40.4 Å². The van der Waals surface area contributed by atoms with E-state index in [2.05, 4.69) is 56.0 Å². The molecule has 1 heterocycles. The fraction of sp³-hybridized carbons (Fsp3) is 0.667. The summed E-state index contributed by atoms with van der Waals surface area (Å²) >= 11 is 0. The molecule has 1 rings (SSSR count). The third-order valence-electron chi connectivity index (χ3n) is 3.68. The maximum absolute atomic E-state index is 5.38. The van der Waals surface area contributed by atoms with Gasteiger partial charge in [0.15, 0.2) is 0 Å². The van der Waals surface area contributed by atoms with E-state index in [1.54, 1.807) is 13.3 Å². The molecule has 1 aromatic rings. The first-order valence-electron chi connectivity index (χ1n) is 6.87. The molecule has 0 aromatic carbocycles. The third kappa shape index (κ3) is 3.91. The highest BCUT2D eigenvalue weighted by atomic mass is 16.5. The summed E-state index contributed by atoms with van der Waals surface area (Å²) in [4.78, 5) is 6.63. The molecule has 19 heavy (non-hydrogen) atoms. The second kappa shape index (κ2) is 6.87. The quantitative estimate of drug-likeness (QED) is 0.820. The van der Waals surface area contributed by atoms with Crippen LogP contribution < -0.4 is 10.1 Å². The number of hydrogen-bond donors (Lipinski definition) is 1.